The molecule has 1 saturated heterocycles. The SMILES string of the molecule is COc1cc(NCc2ccc(NC3CCC(=O)NC3=O)cc2)c([N+](=O)[O-])cc1Nc1nccc(-c2cn(C)c3ccccc23)n1. The minimum atomic E-state index is -0.486. The maximum absolute atomic E-state index is 12.1. The number of fused-ring (bicyclic) bond motifs is 1. The fourth-order valence-electron chi connectivity index (χ4n) is 5.31. The predicted octanol–water partition coefficient (Wildman–Crippen LogP) is 5.12. The smallest absolute Gasteiger partial charge is 0.294 e. The van der Waals surface area contributed by atoms with Gasteiger partial charge in [0.25, 0.3) is 5.69 Å². The van der Waals surface area contributed by atoms with E-state index in [2.05, 4.69) is 31.2 Å². The summed E-state index contributed by atoms with van der Waals surface area (Å²) in [4.78, 5) is 44.1. The number of nitrogens with zero attached hydrogens (tertiary/aromatic N) is 4. The van der Waals surface area contributed by atoms with Gasteiger partial charge in [-0.15, -0.1) is 0 Å². The lowest BCUT2D eigenvalue weighted by atomic mass is 10.1. The van der Waals surface area contributed by atoms with Crippen LogP contribution in [0.15, 0.2) is 79.1 Å². The summed E-state index contributed by atoms with van der Waals surface area (Å²) in [6, 6.07) is 19.6. The number of aromatic nitrogens is 3. The molecule has 3 aromatic carbocycles. The highest BCUT2D eigenvalue weighted by molar-refractivity contribution is 6.01. The van der Waals surface area contributed by atoms with Crippen LogP contribution in [0, 0.1) is 10.1 Å². The zero-order chi connectivity index (χ0) is 31.5. The van der Waals surface area contributed by atoms with Crippen LogP contribution in [0.3, 0.4) is 0 Å². The summed E-state index contributed by atoms with van der Waals surface area (Å²) in [6.07, 6.45) is 4.35. The molecule has 0 bridgehead atoms. The van der Waals surface area contributed by atoms with Crippen molar-refractivity contribution >= 4 is 51.4 Å². The van der Waals surface area contributed by atoms with E-state index < -0.39 is 11.0 Å². The number of ether oxygens (including phenoxy) is 1. The van der Waals surface area contributed by atoms with Gasteiger partial charge in [0.2, 0.25) is 17.8 Å². The topological polar surface area (TPSA) is 165 Å². The maximum atomic E-state index is 12.1. The molecule has 3 heterocycles. The van der Waals surface area contributed by atoms with E-state index in [-0.39, 0.29) is 35.6 Å². The molecule has 1 atom stereocenters. The number of anilines is 4. The molecule has 1 aliphatic heterocycles. The molecule has 4 N–H and O–H groups in total. The molecule has 0 saturated carbocycles. The quantitative estimate of drug-likeness (QED) is 0.0952. The highest BCUT2D eigenvalue weighted by atomic mass is 16.6. The second-order valence-electron chi connectivity index (χ2n) is 10.6. The molecule has 2 amide bonds. The first-order valence-electron chi connectivity index (χ1n) is 14.2. The summed E-state index contributed by atoms with van der Waals surface area (Å²) in [7, 11) is 3.46. The molecule has 1 fully saturated rings. The number of amides is 2. The van der Waals surface area contributed by atoms with Crippen LogP contribution in [-0.4, -0.2) is 44.4 Å². The lowest BCUT2D eigenvalue weighted by Crippen LogP contribution is -2.47. The second-order valence-corrected chi connectivity index (χ2v) is 10.6. The third-order valence-electron chi connectivity index (χ3n) is 7.61. The number of carbonyl (C=O) groups excluding carboxylic acids is 2. The third kappa shape index (κ3) is 6.22. The van der Waals surface area contributed by atoms with Crippen LogP contribution in [0.4, 0.5) is 28.7 Å². The summed E-state index contributed by atoms with van der Waals surface area (Å²) >= 11 is 0. The van der Waals surface area contributed by atoms with Crippen LogP contribution in [-0.2, 0) is 23.2 Å². The molecule has 13 heteroatoms. The summed E-state index contributed by atoms with van der Waals surface area (Å²) < 4.78 is 7.61. The lowest BCUT2D eigenvalue weighted by molar-refractivity contribution is -0.383. The van der Waals surface area contributed by atoms with Crippen LogP contribution in [0.5, 0.6) is 5.75 Å². The van der Waals surface area contributed by atoms with Crippen LogP contribution in [0.25, 0.3) is 22.2 Å². The van der Waals surface area contributed by atoms with Crippen molar-refractivity contribution in [3.8, 4) is 17.0 Å². The Labute approximate surface area is 257 Å². The first-order valence-corrected chi connectivity index (χ1v) is 14.2. The largest absolute Gasteiger partial charge is 0.494 e. The van der Waals surface area contributed by atoms with Gasteiger partial charge in [-0.1, -0.05) is 30.3 Å². The van der Waals surface area contributed by atoms with Gasteiger partial charge in [-0.05, 0) is 36.2 Å². The fourth-order valence-corrected chi connectivity index (χ4v) is 5.31. The van der Waals surface area contributed by atoms with Gasteiger partial charge in [-0.2, -0.15) is 0 Å². The molecule has 45 heavy (non-hydrogen) atoms. The number of nitro benzene ring substituents is 1. The number of carbonyl (C=O) groups is 2. The number of hydrogen-bond donors (Lipinski definition) is 4. The first kappa shape index (κ1) is 29.1. The average molecular weight is 607 g/mol. The molecule has 2 aromatic heterocycles. The van der Waals surface area contributed by atoms with Gasteiger partial charge in [0.05, 0.1) is 23.4 Å². The van der Waals surface area contributed by atoms with Gasteiger partial charge in [-0.3, -0.25) is 25.0 Å². The van der Waals surface area contributed by atoms with Gasteiger partial charge in [0.1, 0.15) is 17.5 Å². The molecular weight excluding hydrogens is 576 g/mol. The Hall–Kier alpha value is -5.98. The molecule has 0 spiro atoms. The third-order valence-corrected chi connectivity index (χ3v) is 7.61. The summed E-state index contributed by atoms with van der Waals surface area (Å²) in [5.74, 6) is 0.0134. The number of piperidine rings is 1. The Balaban J connectivity index is 1.18. The number of rotatable bonds is 10. The van der Waals surface area contributed by atoms with E-state index in [9.17, 15) is 19.7 Å². The molecule has 228 valence electrons. The first-order chi connectivity index (χ1) is 21.8. The zero-order valence-electron chi connectivity index (χ0n) is 24.5. The molecule has 0 aliphatic carbocycles. The van der Waals surface area contributed by atoms with Crippen molar-refractivity contribution in [2.24, 2.45) is 7.05 Å². The highest BCUT2D eigenvalue weighted by Crippen LogP contribution is 2.38. The normalized spacial score (nSPS) is 14.6. The minimum Gasteiger partial charge on any atom is -0.494 e. The standard InChI is InChI=1S/C32H30N8O5/c1-39-18-22(21-5-3-4-6-27(21)39)23-13-14-33-32(36-23)37-26-15-28(40(43)44)25(16-29(26)45-2)34-17-19-7-9-20(10-8-19)35-24-11-12-30(41)38-31(24)42/h3-10,13-16,18,24,34-35H,11-12,17H2,1-2H3,(H,33,36,37)(H,38,41,42). The van der Waals surface area contributed by atoms with Crippen LogP contribution < -0.4 is 26.0 Å². The summed E-state index contributed by atoms with van der Waals surface area (Å²) in [5, 5.41) is 24.8. The summed E-state index contributed by atoms with van der Waals surface area (Å²) in [5.41, 5.74) is 4.76. The van der Waals surface area contributed by atoms with E-state index in [0.717, 1.165) is 27.7 Å². The van der Waals surface area contributed by atoms with Gasteiger partial charge in [-0.25, -0.2) is 9.97 Å². The Kier molecular flexibility index (Phi) is 7.97. The number of aryl methyl sites for hydroxylation is 1. The van der Waals surface area contributed by atoms with Crippen molar-refractivity contribution in [3.05, 3.63) is 94.8 Å². The van der Waals surface area contributed by atoms with Crippen molar-refractivity contribution in [2.45, 2.75) is 25.4 Å². The number of imide groups is 1. The molecule has 0 radical (unpaired) electrons. The predicted molar refractivity (Wildman–Crippen MR) is 170 cm³/mol. The van der Waals surface area contributed by atoms with Crippen molar-refractivity contribution in [3.63, 3.8) is 0 Å². The number of benzene rings is 3. The van der Waals surface area contributed by atoms with Crippen molar-refractivity contribution in [2.75, 3.05) is 23.1 Å². The van der Waals surface area contributed by atoms with E-state index in [0.29, 0.717) is 30.1 Å². The van der Waals surface area contributed by atoms with Crippen molar-refractivity contribution in [1.29, 1.82) is 0 Å². The molecule has 1 aliphatic rings. The number of para-hydroxylation sites is 1. The Bertz CT molecular complexity index is 1920. The lowest BCUT2D eigenvalue weighted by Gasteiger charge is -2.22. The van der Waals surface area contributed by atoms with Gasteiger partial charge < -0.3 is 25.3 Å². The summed E-state index contributed by atoms with van der Waals surface area (Å²) in [6.45, 7) is 0.297. The number of methoxy groups -OCH3 is 1. The minimum absolute atomic E-state index is 0.153. The fraction of sp³-hybridized carbons (Fsp3) is 0.188. The maximum Gasteiger partial charge on any atom is 0.294 e. The van der Waals surface area contributed by atoms with Crippen LogP contribution in [0.1, 0.15) is 18.4 Å². The highest BCUT2D eigenvalue weighted by Gasteiger charge is 2.26. The van der Waals surface area contributed by atoms with Crippen LogP contribution >= 0.6 is 0 Å². The monoisotopic (exact) mass is 606 g/mol. The molecule has 5 aromatic rings. The molecule has 1 unspecified atom stereocenters. The average Bonchev–Trinajstić information content (AvgIpc) is 3.38. The van der Waals surface area contributed by atoms with E-state index in [1.54, 1.807) is 12.3 Å². The Morgan fingerprint density at radius 2 is 1.89 bits per heavy atom. The van der Waals surface area contributed by atoms with Crippen molar-refractivity contribution in [1.82, 2.24) is 19.9 Å². The van der Waals surface area contributed by atoms with E-state index in [4.69, 9.17) is 4.74 Å². The number of nitrogens with one attached hydrogen (secondary N) is 4. The Morgan fingerprint density at radius 3 is 2.64 bits per heavy atom. The van der Waals surface area contributed by atoms with E-state index >= 15 is 0 Å². The van der Waals surface area contributed by atoms with E-state index in [1.165, 1.54) is 13.2 Å². The number of nitro groups is 1. The second kappa shape index (κ2) is 12.3. The van der Waals surface area contributed by atoms with Gasteiger partial charge in [0, 0.05) is 66.7 Å². The van der Waals surface area contributed by atoms with E-state index in [1.807, 2.05) is 72.4 Å². The molecule has 13 nitrogen and oxygen atoms in total. The molecule has 6 rings (SSSR count). The van der Waals surface area contributed by atoms with Gasteiger partial charge >= 0.3 is 0 Å². The van der Waals surface area contributed by atoms with Crippen LogP contribution in [0.2, 0.25) is 0 Å². The molecular formula is C32H30N8O5. The Morgan fingerprint density at radius 1 is 1.09 bits per heavy atom. The van der Waals surface area contributed by atoms with Gasteiger partial charge in [0.15, 0.2) is 0 Å². The van der Waals surface area contributed by atoms with Crippen molar-refractivity contribution < 1.29 is 19.2 Å². The number of hydrogen-bond acceptors (Lipinski definition) is 10. The zero-order valence-corrected chi connectivity index (χ0v) is 24.5.